The third-order valence-electron chi connectivity index (χ3n) is 4.32. The average molecular weight is 332 g/mol. The Balaban J connectivity index is 1.77. The van der Waals surface area contributed by atoms with Gasteiger partial charge in [0, 0.05) is 24.4 Å². The van der Waals surface area contributed by atoms with Crippen molar-refractivity contribution in [2.24, 2.45) is 5.92 Å². The Morgan fingerprint density at radius 2 is 2.04 bits per heavy atom. The minimum absolute atomic E-state index is 0.0667. The van der Waals surface area contributed by atoms with E-state index in [-0.39, 0.29) is 17.8 Å². The molecule has 0 saturated heterocycles. The fourth-order valence-electron chi connectivity index (χ4n) is 2.82. The summed E-state index contributed by atoms with van der Waals surface area (Å²) in [5.41, 5.74) is 3.54. The molecular weight excluding hydrogens is 318 g/mol. The number of fused-ring (bicyclic) bond motifs is 1. The Labute approximate surface area is 135 Å². The lowest BCUT2D eigenvalue weighted by Crippen LogP contribution is -2.15. The largest absolute Gasteiger partial charge is 0.309 e. The van der Waals surface area contributed by atoms with Crippen LogP contribution in [0.2, 0.25) is 0 Å². The summed E-state index contributed by atoms with van der Waals surface area (Å²) in [4.78, 5) is 17.1. The van der Waals surface area contributed by atoms with Gasteiger partial charge in [-0.1, -0.05) is 35.6 Å². The predicted octanol–water partition coefficient (Wildman–Crippen LogP) is 4.09. The lowest BCUT2D eigenvalue weighted by atomic mass is 10.1. The van der Waals surface area contributed by atoms with E-state index in [4.69, 9.17) is 0 Å². The lowest BCUT2D eigenvalue weighted by molar-refractivity contribution is 0.0953. The molecule has 3 aromatic rings. The second-order valence-electron chi connectivity index (χ2n) is 5.98. The summed E-state index contributed by atoms with van der Waals surface area (Å²) in [6.07, 6.45) is -0.133. The molecule has 6 heteroatoms. The van der Waals surface area contributed by atoms with Crippen LogP contribution in [0.4, 0.5) is 8.78 Å². The number of rotatable bonds is 3. The van der Waals surface area contributed by atoms with Crippen molar-refractivity contribution in [3.8, 4) is 11.3 Å². The molecule has 2 heterocycles. The van der Waals surface area contributed by atoms with Crippen molar-refractivity contribution in [3.05, 3.63) is 51.6 Å². The fraction of sp³-hybridized carbons (Fsp3) is 0.294. The minimum atomic E-state index is -2.62. The molecule has 23 heavy (non-hydrogen) atoms. The molecular formula is C17H14F2N2OS. The highest BCUT2D eigenvalue weighted by molar-refractivity contribution is 7.16. The van der Waals surface area contributed by atoms with Gasteiger partial charge in [0.05, 0.1) is 11.2 Å². The van der Waals surface area contributed by atoms with Crippen LogP contribution in [-0.2, 0) is 6.54 Å². The second kappa shape index (κ2) is 4.96. The van der Waals surface area contributed by atoms with Crippen molar-refractivity contribution < 1.29 is 8.78 Å². The van der Waals surface area contributed by atoms with Gasteiger partial charge in [-0.25, -0.2) is 13.8 Å². The van der Waals surface area contributed by atoms with Crippen LogP contribution < -0.4 is 4.87 Å². The molecule has 118 valence electrons. The number of benzene rings is 1. The van der Waals surface area contributed by atoms with Gasteiger partial charge in [-0.2, -0.15) is 0 Å². The summed E-state index contributed by atoms with van der Waals surface area (Å²) in [5.74, 6) is -3.35. The van der Waals surface area contributed by atoms with Crippen LogP contribution in [0.5, 0.6) is 0 Å². The molecule has 1 saturated carbocycles. The summed E-state index contributed by atoms with van der Waals surface area (Å²) in [7, 11) is 0. The van der Waals surface area contributed by atoms with E-state index in [2.05, 4.69) is 4.98 Å². The third kappa shape index (κ3) is 2.47. The minimum Gasteiger partial charge on any atom is -0.297 e. The topological polar surface area (TPSA) is 34.9 Å². The van der Waals surface area contributed by atoms with Gasteiger partial charge in [0.25, 0.3) is 5.92 Å². The first-order valence-electron chi connectivity index (χ1n) is 7.40. The number of alkyl halides is 2. The van der Waals surface area contributed by atoms with Crippen LogP contribution in [0.25, 0.3) is 21.6 Å². The normalized spacial score (nSPS) is 19.2. The molecule has 0 radical (unpaired) electrons. The maximum absolute atomic E-state index is 13.1. The van der Waals surface area contributed by atoms with Crippen LogP contribution in [0.15, 0.2) is 41.2 Å². The molecule has 1 aromatic carbocycles. The van der Waals surface area contributed by atoms with Gasteiger partial charge < -0.3 is 0 Å². The zero-order chi connectivity index (χ0) is 16.2. The van der Waals surface area contributed by atoms with Gasteiger partial charge in [0.2, 0.25) is 0 Å². The molecule has 3 nitrogen and oxygen atoms in total. The highest BCUT2D eigenvalue weighted by Crippen LogP contribution is 2.49. The molecule has 1 atom stereocenters. The van der Waals surface area contributed by atoms with E-state index in [0.29, 0.717) is 10.3 Å². The molecule has 0 amide bonds. The number of aromatic nitrogens is 2. The van der Waals surface area contributed by atoms with E-state index in [0.717, 1.165) is 28.2 Å². The Morgan fingerprint density at radius 1 is 1.30 bits per heavy atom. The average Bonchev–Trinajstić information content (AvgIpc) is 2.99. The van der Waals surface area contributed by atoms with Crippen LogP contribution in [0.3, 0.4) is 0 Å². The second-order valence-corrected chi connectivity index (χ2v) is 6.92. The van der Waals surface area contributed by atoms with Crippen LogP contribution in [0, 0.1) is 12.8 Å². The number of hydrogen-bond acceptors (Lipinski definition) is 3. The van der Waals surface area contributed by atoms with Crippen molar-refractivity contribution in [1.29, 1.82) is 0 Å². The molecule has 1 fully saturated rings. The van der Waals surface area contributed by atoms with Crippen molar-refractivity contribution in [2.45, 2.75) is 25.8 Å². The third-order valence-corrected chi connectivity index (χ3v) is 5.20. The first kappa shape index (κ1) is 14.5. The molecule has 1 aliphatic carbocycles. The van der Waals surface area contributed by atoms with Crippen LogP contribution >= 0.6 is 11.3 Å². The summed E-state index contributed by atoms with van der Waals surface area (Å²) >= 11 is 1.01. The Morgan fingerprint density at radius 3 is 2.74 bits per heavy atom. The summed E-state index contributed by atoms with van der Waals surface area (Å²) in [5, 5.41) is 0. The molecule has 0 spiro atoms. The predicted molar refractivity (Wildman–Crippen MR) is 87.1 cm³/mol. The Hall–Kier alpha value is -2.08. The molecule has 0 bridgehead atoms. The Kier molecular flexibility index (Phi) is 3.13. The molecule has 0 aliphatic heterocycles. The number of nitrogens with zero attached hydrogens (tertiary/aromatic N) is 2. The maximum atomic E-state index is 13.1. The summed E-state index contributed by atoms with van der Waals surface area (Å²) in [6, 6.07) is 11.5. The van der Waals surface area contributed by atoms with Crippen molar-refractivity contribution in [1.82, 2.24) is 9.55 Å². The number of thiazole rings is 1. The van der Waals surface area contributed by atoms with Gasteiger partial charge >= 0.3 is 4.87 Å². The van der Waals surface area contributed by atoms with E-state index in [1.807, 2.05) is 43.3 Å². The molecule has 4 rings (SSSR count). The summed E-state index contributed by atoms with van der Waals surface area (Å²) < 4.78 is 27.7. The van der Waals surface area contributed by atoms with Crippen LogP contribution in [0.1, 0.15) is 12.0 Å². The number of pyridine rings is 1. The van der Waals surface area contributed by atoms with Gasteiger partial charge in [0.1, 0.15) is 4.83 Å². The standard InChI is InChI=1S/C17H14F2N2OS/c1-10-4-2-3-5-12(10)13-6-7-14-15(20-13)23-16(22)21(14)9-11-8-17(11,18)19/h2-7,11H,8-9H2,1H3. The number of hydrogen-bond donors (Lipinski definition) is 0. The van der Waals surface area contributed by atoms with Crippen molar-refractivity contribution in [2.75, 3.05) is 0 Å². The highest BCUT2D eigenvalue weighted by Gasteiger charge is 2.56. The zero-order valence-electron chi connectivity index (χ0n) is 12.4. The zero-order valence-corrected chi connectivity index (χ0v) is 13.2. The lowest BCUT2D eigenvalue weighted by Gasteiger charge is -2.06. The first-order valence-corrected chi connectivity index (χ1v) is 8.21. The SMILES string of the molecule is Cc1ccccc1-c1ccc2c(n1)sc(=O)n2CC1CC1(F)F. The monoisotopic (exact) mass is 332 g/mol. The van der Waals surface area contributed by atoms with Gasteiger partial charge in [0.15, 0.2) is 0 Å². The highest BCUT2D eigenvalue weighted by atomic mass is 32.1. The summed E-state index contributed by atoms with van der Waals surface area (Å²) in [6.45, 7) is 2.07. The molecule has 2 aromatic heterocycles. The maximum Gasteiger partial charge on any atom is 0.309 e. The van der Waals surface area contributed by atoms with E-state index in [1.54, 1.807) is 0 Å². The van der Waals surface area contributed by atoms with E-state index >= 15 is 0 Å². The van der Waals surface area contributed by atoms with E-state index < -0.39 is 11.8 Å². The molecule has 0 N–H and O–H groups in total. The van der Waals surface area contributed by atoms with Gasteiger partial charge in [-0.3, -0.25) is 9.36 Å². The van der Waals surface area contributed by atoms with E-state index in [1.165, 1.54) is 4.57 Å². The quantitative estimate of drug-likeness (QED) is 0.724. The van der Waals surface area contributed by atoms with Crippen molar-refractivity contribution in [3.63, 3.8) is 0 Å². The smallest absolute Gasteiger partial charge is 0.297 e. The fourth-order valence-corrected chi connectivity index (χ4v) is 3.70. The van der Waals surface area contributed by atoms with Crippen molar-refractivity contribution >= 4 is 21.7 Å². The molecule has 1 aliphatic rings. The van der Waals surface area contributed by atoms with Crippen LogP contribution in [-0.4, -0.2) is 15.5 Å². The number of halogens is 2. The molecule has 1 unspecified atom stereocenters. The number of aryl methyl sites for hydroxylation is 1. The van der Waals surface area contributed by atoms with Gasteiger partial charge in [-0.15, -0.1) is 0 Å². The van der Waals surface area contributed by atoms with E-state index in [9.17, 15) is 13.6 Å². The first-order chi connectivity index (χ1) is 11.0. The Bertz CT molecular complexity index is 961. The van der Waals surface area contributed by atoms with Gasteiger partial charge in [-0.05, 0) is 24.6 Å².